The van der Waals surface area contributed by atoms with Crippen molar-refractivity contribution in [2.75, 3.05) is 18.4 Å². The van der Waals surface area contributed by atoms with E-state index in [2.05, 4.69) is 15.3 Å². The van der Waals surface area contributed by atoms with Gasteiger partial charge in [0.15, 0.2) is 0 Å². The van der Waals surface area contributed by atoms with Gasteiger partial charge in [0.2, 0.25) is 5.91 Å². The number of nitrogens with one attached hydrogen (secondary N) is 2. The van der Waals surface area contributed by atoms with Gasteiger partial charge in [-0.2, -0.15) is 0 Å². The molecule has 124 valence electrons. The average Bonchev–Trinajstić information content (AvgIpc) is 2.62. The number of hydrogen-bond acceptors (Lipinski definition) is 4. The molecule has 0 radical (unpaired) electrons. The predicted molar refractivity (Wildman–Crippen MR) is 88.6 cm³/mol. The van der Waals surface area contributed by atoms with E-state index >= 15 is 0 Å². The predicted octanol–water partition coefficient (Wildman–Crippen LogP) is 1.26. The number of likely N-dealkylation sites (tertiary alicyclic amines) is 1. The van der Waals surface area contributed by atoms with E-state index in [0.29, 0.717) is 31.7 Å². The molecule has 2 amide bonds. The van der Waals surface area contributed by atoms with E-state index in [1.54, 1.807) is 35.4 Å². The summed E-state index contributed by atoms with van der Waals surface area (Å²) < 4.78 is 0. The van der Waals surface area contributed by atoms with E-state index in [0.717, 1.165) is 0 Å². The molecule has 2 N–H and O–H groups in total. The molecule has 7 heteroatoms. The van der Waals surface area contributed by atoms with Crippen LogP contribution in [0.2, 0.25) is 0 Å². The number of hydrogen-bond donors (Lipinski definition) is 2. The highest BCUT2D eigenvalue weighted by atomic mass is 16.2. The van der Waals surface area contributed by atoms with Gasteiger partial charge in [-0.15, -0.1) is 0 Å². The first-order valence-electron chi connectivity index (χ1n) is 7.84. The molecule has 0 saturated carbocycles. The second kappa shape index (κ2) is 7.08. The molecular formula is C17H18N4O3. The molecule has 0 spiro atoms. The third-order valence-corrected chi connectivity index (χ3v) is 4.12. The fourth-order valence-electron chi connectivity index (χ4n) is 2.77. The summed E-state index contributed by atoms with van der Waals surface area (Å²) in [5, 5.41) is 2.79. The zero-order valence-corrected chi connectivity index (χ0v) is 13.1. The summed E-state index contributed by atoms with van der Waals surface area (Å²) >= 11 is 0. The van der Waals surface area contributed by atoms with Crippen molar-refractivity contribution in [2.24, 2.45) is 5.92 Å². The maximum atomic E-state index is 12.4. The summed E-state index contributed by atoms with van der Waals surface area (Å²) in [6, 6.07) is 8.47. The van der Waals surface area contributed by atoms with Gasteiger partial charge in [0.05, 0.1) is 0 Å². The molecule has 0 aromatic carbocycles. The maximum Gasteiger partial charge on any atom is 0.260 e. The number of aromatic nitrogens is 2. The molecular weight excluding hydrogens is 308 g/mol. The average molecular weight is 326 g/mol. The Morgan fingerprint density at radius 2 is 1.96 bits per heavy atom. The number of piperidine rings is 1. The number of pyridine rings is 2. The molecule has 0 bridgehead atoms. The minimum absolute atomic E-state index is 0.0849. The van der Waals surface area contributed by atoms with Crippen LogP contribution in [0.1, 0.15) is 23.2 Å². The van der Waals surface area contributed by atoms with Gasteiger partial charge in [-0.05, 0) is 37.1 Å². The number of rotatable bonds is 3. The zero-order chi connectivity index (χ0) is 16.9. The second-order valence-electron chi connectivity index (χ2n) is 5.68. The van der Waals surface area contributed by atoms with E-state index < -0.39 is 5.56 Å². The summed E-state index contributed by atoms with van der Waals surface area (Å²) in [5.74, 6) is -0.0132. The van der Waals surface area contributed by atoms with Gasteiger partial charge >= 0.3 is 0 Å². The molecule has 1 saturated heterocycles. The number of H-pyrrole nitrogens is 1. The van der Waals surface area contributed by atoms with Crippen LogP contribution < -0.4 is 10.9 Å². The molecule has 2 aromatic heterocycles. The minimum Gasteiger partial charge on any atom is -0.338 e. The normalized spacial score (nSPS) is 15.1. The standard InChI is InChI=1S/C17H18N4O3/c22-15(20-14-5-1-2-8-18-14)12-6-10-21(11-7-12)17(24)13-4-3-9-19-16(13)23/h1-5,8-9,12H,6-7,10-11H2,(H,19,23)(H,18,20,22). The van der Waals surface area contributed by atoms with Crippen LogP contribution in [0.3, 0.4) is 0 Å². The summed E-state index contributed by atoms with van der Waals surface area (Å²) in [6.07, 6.45) is 4.24. The smallest absolute Gasteiger partial charge is 0.260 e. The Kier molecular flexibility index (Phi) is 4.69. The van der Waals surface area contributed by atoms with Crippen LogP contribution >= 0.6 is 0 Å². The van der Waals surface area contributed by atoms with Crippen molar-refractivity contribution in [3.8, 4) is 0 Å². The topological polar surface area (TPSA) is 95.2 Å². The van der Waals surface area contributed by atoms with Gasteiger partial charge < -0.3 is 15.2 Å². The van der Waals surface area contributed by atoms with Crippen molar-refractivity contribution < 1.29 is 9.59 Å². The lowest BCUT2D eigenvalue weighted by Gasteiger charge is -2.31. The monoisotopic (exact) mass is 326 g/mol. The first-order chi connectivity index (χ1) is 11.6. The van der Waals surface area contributed by atoms with Crippen molar-refractivity contribution >= 4 is 17.6 Å². The van der Waals surface area contributed by atoms with Crippen LogP contribution in [-0.4, -0.2) is 39.8 Å². The van der Waals surface area contributed by atoms with Crippen LogP contribution in [0.4, 0.5) is 5.82 Å². The third kappa shape index (κ3) is 3.51. The van der Waals surface area contributed by atoms with E-state index in [1.807, 2.05) is 0 Å². The summed E-state index contributed by atoms with van der Waals surface area (Å²) in [4.78, 5) is 44.5. The van der Waals surface area contributed by atoms with Crippen molar-refractivity contribution in [3.05, 3.63) is 58.6 Å². The van der Waals surface area contributed by atoms with Gasteiger partial charge in [-0.3, -0.25) is 14.4 Å². The molecule has 0 unspecified atom stereocenters. The maximum absolute atomic E-state index is 12.4. The Balaban J connectivity index is 1.58. The van der Waals surface area contributed by atoms with Crippen molar-refractivity contribution in [3.63, 3.8) is 0 Å². The largest absolute Gasteiger partial charge is 0.338 e. The van der Waals surface area contributed by atoms with E-state index in [-0.39, 0.29) is 23.3 Å². The van der Waals surface area contributed by atoms with Crippen LogP contribution in [0, 0.1) is 5.92 Å². The van der Waals surface area contributed by atoms with Crippen molar-refractivity contribution in [1.29, 1.82) is 0 Å². The molecule has 0 aliphatic carbocycles. The molecule has 24 heavy (non-hydrogen) atoms. The summed E-state index contributed by atoms with van der Waals surface area (Å²) in [5.41, 5.74) is -0.258. The molecule has 3 heterocycles. The Morgan fingerprint density at radius 1 is 1.17 bits per heavy atom. The Morgan fingerprint density at radius 3 is 2.62 bits per heavy atom. The highest BCUT2D eigenvalue weighted by molar-refractivity contribution is 5.94. The molecule has 2 aromatic rings. The highest BCUT2D eigenvalue weighted by Crippen LogP contribution is 2.20. The Labute approximate surface area is 138 Å². The number of carbonyl (C=O) groups excluding carboxylic acids is 2. The number of nitrogens with zero attached hydrogens (tertiary/aromatic N) is 2. The SMILES string of the molecule is O=C(Nc1ccccn1)C1CCN(C(=O)c2ccc[nH]c2=O)CC1. The van der Waals surface area contributed by atoms with Gasteiger partial charge in [-0.25, -0.2) is 4.98 Å². The van der Waals surface area contributed by atoms with Gasteiger partial charge in [0, 0.05) is 31.4 Å². The molecule has 1 fully saturated rings. The molecule has 0 atom stereocenters. The van der Waals surface area contributed by atoms with Gasteiger partial charge in [0.1, 0.15) is 11.4 Å². The molecule has 3 rings (SSSR count). The number of amides is 2. The Bertz CT molecular complexity index is 780. The Hall–Kier alpha value is -2.96. The quantitative estimate of drug-likeness (QED) is 0.888. The van der Waals surface area contributed by atoms with Crippen molar-refractivity contribution in [2.45, 2.75) is 12.8 Å². The fraction of sp³-hybridized carbons (Fsp3) is 0.294. The van der Waals surface area contributed by atoms with Crippen LogP contribution in [-0.2, 0) is 4.79 Å². The first kappa shape index (κ1) is 15.9. The van der Waals surface area contributed by atoms with Gasteiger partial charge in [0.25, 0.3) is 11.5 Å². The third-order valence-electron chi connectivity index (χ3n) is 4.12. The van der Waals surface area contributed by atoms with E-state index in [9.17, 15) is 14.4 Å². The van der Waals surface area contributed by atoms with E-state index in [4.69, 9.17) is 0 Å². The number of carbonyl (C=O) groups is 2. The summed E-state index contributed by atoms with van der Waals surface area (Å²) in [6.45, 7) is 0.904. The first-order valence-corrected chi connectivity index (χ1v) is 7.84. The fourth-order valence-corrected chi connectivity index (χ4v) is 2.77. The number of aromatic amines is 1. The lowest BCUT2D eigenvalue weighted by Crippen LogP contribution is -2.42. The van der Waals surface area contributed by atoms with Crippen LogP contribution in [0.25, 0.3) is 0 Å². The number of anilines is 1. The second-order valence-corrected chi connectivity index (χ2v) is 5.68. The summed E-state index contributed by atoms with van der Waals surface area (Å²) in [7, 11) is 0. The van der Waals surface area contributed by atoms with Crippen molar-refractivity contribution in [1.82, 2.24) is 14.9 Å². The minimum atomic E-state index is -0.391. The van der Waals surface area contributed by atoms with Gasteiger partial charge in [-0.1, -0.05) is 6.07 Å². The molecule has 1 aliphatic rings. The van der Waals surface area contributed by atoms with E-state index in [1.165, 1.54) is 12.3 Å². The van der Waals surface area contributed by atoms with Crippen LogP contribution in [0.15, 0.2) is 47.5 Å². The highest BCUT2D eigenvalue weighted by Gasteiger charge is 2.28. The molecule has 7 nitrogen and oxygen atoms in total. The lowest BCUT2D eigenvalue weighted by atomic mass is 9.95. The van der Waals surface area contributed by atoms with Crippen LogP contribution in [0.5, 0.6) is 0 Å². The lowest BCUT2D eigenvalue weighted by molar-refractivity contribution is -0.121. The molecule has 1 aliphatic heterocycles. The zero-order valence-electron chi connectivity index (χ0n) is 13.1.